The summed E-state index contributed by atoms with van der Waals surface area (Å²) in [7, 11) is 0. The molecule has 1 rings (SSSR count). The molecule has 0 aromatic heterocycles. The minimum Gasteiger partial charge on any atom is -0.398 e. The van der Waals surface area contributed by atoms with Gasteiger partial charge in [-0.05, 0) is 31.0 Å². The highest BCUT2D eigenvalue weighted by Crippen LogP contribution is 2.19. The molecule has 1 unspecified atom stereocenters. The van der Waals surface area contributed by atoms with Crippen molar-refractivity contribution in [3.63, 3.8) is 0 Å². The molecule has 0 aliphatic carbocycles. The van der Waals surface area contributed by atoms with E-state index in [9.17, 15) is 4.79 Å². The van der Waals surface area contributed by atoms with Crippen LogP contribution in [0.25, 0.3) is 0 Å². The number of carbonyl (C=O) groups excluding carboxylic acids is 1. The molecule has 0 spiro atoms. The van der Waals surface area contributed by atoms with Crippen molar-refractivity contribution in [2.45, 2.75) is 39.7 Å². The molecule has 3 N–H and O–H groups in total. The summed E-state index contributed by atoms with van der Waals surface area (Å²) < 4.78 is 0.858. The molecule has 0 saturated carbocycles. The quantitative estimate of drug-likeness (QED) is 0.816. The summed E-state index contributed by atoms with van der Waals surface area (Å²) >= 11 is 3.35. The molecule has 0 aliphatic rings. The second-order valence-corrected chi connectivity index (χ2v) is 5.49. The fourth-order valence-corrected chi connectivity index (χ4v) is 2.48. The third-order valence-electron chi connectivity index (χ3n) is 3.37. The third-order valence-corrected chi connectivity index (χ3v) is 3.87. The van der Waals surface area contributed by atoms with Gasteiger partial charge in [0, 0.05) is 16.2 Å². The van der Waals surface area contributed by atoms with Crippen LogP contribution in [0.3, 0.4) is 0 Å². The zero-order valence-electron chi connectivity index (χ0n) is 11.2. The summed E-state index contributed by atoms with van der Waals surface area (Å²) in [5.74, 6) is 0.399. The lowest BCUT2D eigenvalue weighted by molar-refractivity contribution is 0.0926. The molecule has 1 atom stereocenters. The van der Waals surface area contributed by atoms with E-state index >= 15 is 0 Å². The molecule has 1 aromatic carbocycles. The largest absolute Gasteiger partial charge is 0.398 e. The van der Waals surface area contributed by atoms with Gasteiger partial charge in [0.05, 0.1) is 5.56 Å². The van der Waals surface area contributed by atoms with Crippen molar-refractivity contribution in [2.24, 2.45) is 5.92 Å². The fraction of sp³-hybridized carbons (Fsp3) is 0.500. The molecule has 1 aromatic rings. The predicted molar refractivity (Wildman–Crippen MR) is 79.6 cm³/mol. The molecular formula is C14H21BrN2O. The third kappa shape index (κ3) is 3.73. The Morgan fingerprint density at radius 2 is 2.00 bits per heavy atom. The Bertz CT molecular complexity index is 416. The Balaban J connectivity index is 2.79. The number of anilines is 1. The maximum Gasteiger partial charge on any atom is 0.253 e. The second-order valence-electron chi connectivity index (χ2n) is 4.57. The van der Waals surface area contributed by atoms with E-state index in [2.05, 4.69) is 35.1 Å². The number of hydrogen-bond donors (Lipinski definition) is 2. The van der Waals surface area contributed by atoms with Crippen LogP contribution < -0.4 is 11.1 Å². The lowest BCUT2D eigenvalue weighted by Gasteiger charge is -2.22. The molecule has 1 amide bonds. The van der Waals surface area contributed by atoms with E-state index in [-0.39, 0.29) is 11.9 Å². The first-order chi connectivity index (χ1) is 8.49. The van der Waals surface area contributed by atoms with Crippen molar-refractivity contribution in [1.82, 2.24) is 5.32 Å². The first-order valence-electron chi connectivity index (χ1n) is 6.35. The fourth-order valence-electron chi connectivity index (χ4n) is 2.12. The molecule has 3 nitrogen and oxygen atoms in total. The lowest BCUT2D eigenvalue weighted by Crippen LogP contribution is -2.38. The summed E-state index contributed by atoms with van der Waals surface area (Å²) in [6, 6.07) is 5.48. The van der Waals surface area contributed by atoms with E-state index < -0.39 is 0 Å². The van der Waals surface area contributed by atoms with Gasteiger partial charge in [-0.3, -0.25) is 4.79 Å². The molecule has 0 fully saturated rings. The molecule has 0 bridgehead atoms. The average Bonchev–Trinajstić information content (AvgIpc) is 2.33. The van der Waals surface area contributed by atoms with Crippen LogP contribution in [-0.4, -0.2) is 11.9 Å². The Labute approximate surface area is 117 Å². The van der Waals surface area contributed by atoms with Crippen molar-refractivity contribution in [2.75, 3.05) is 5.73 Å². The number of nitrogens with two attached hydrogens (primary N) is 1. The Morgan fingerprint density at radius 3 is 2.56 bits per heavy atom. The molecule has 0 radical (unpaired) electrons. The highest BCUT2D eigenvalue weighted by molar-refractivity contribution is 9.10. The number of nitrogens with one attached hydrogen (secondary N) is 1. The van der Waals surface area contributed by atoms with Gasteiger partial charge in [0.2, 0.25) is 0 Å². The minimum absolute atomic E-state index is 0.104. The van der Waals surface area contributed by atoms with Crippen molar-refractivity contribution in [3.8, 4) is 0 Å². The number of benzene rings is 1. The summed E-state index contributed by atoms with van der Waals surface area (Å²) in [4.78, 5) is 12.2. The SMILES string of the molecule is CCC(CC)C(C)NC(=O)c1cc(Br)ccc1N. The van der Waals surface area contributed by atoms with Gasteiger partial charge < -0.3 is 11.1 Å². The molecule has 0 aliphatic heterocycles. The Morgan fingerprint density at radius 1 is 1.39 bits per heavy atom. The van der Waals surface area contributed by atoms with E-state index in [1.54, 1.807) is 12.1 Å². The number of nitrogen functional groups attached to an aromatic ring is 1. The number of amides is 1. The van der Waals surface area contributed by atoms with E-state index in [0.717, 1.165) is 17.3 Å². The maximum atomic E-state index is 12.2. The van der Waals surface area contributed by atoms with Crippen LogP contribution in [0.5, 0.6) is 0 Å². The molecule has 4 heteroatoms. The molecule has 0 saturated heterocycles. The zero-order valence-corrected chi connectivity index (χ0v) is 12.8. The zero-order chi connectivity index (χ0) is 13.7. The van der Waals surface area contributed by atoms with Gasteiger partial charge in [-0.25, -0.2) is 0 Å². The van der Waals surface area contributed by atoms with E-state index in [1.165, 1.54) is 0 Å². The smallest absolute Gasteiger partial charge is 0.253 e. The maximum absolute atomic E-state index is 12.2. The normalized spacial score (nSPS) is 12.5. The number of carbonyl (C=O) groups is 1. The first kappa shape index (κ1) is 15.0. The van der Waals surface area contributed by atoms with Crippen LogP contribution in [-0.2, 0) is 0 Å². The van der Waals surface area contributed by atoms with Gasteiger partial charge in [0.1, 0.15) is 0 Å². The van der Waals surface area contributed by atoms with Crippen molar-refractivity contribution >= 4 is 27.5 Å². The number of rotatable bonds is 5. The first-order valence-corrected chi connectivity index (χ1v) is 7.14. The van der Waals surface area contributed by atoms with Crippen LogP contribution in [0.1, 0.15) is 44.0 Å². The Hall–Kier alpha value is -1.03. The van der Waals surface area contributed by atoms with Crippen LogP contribution in [0, 0.1) is 5.92 Å². The highest BCUT2D eigenvalue weighted by Gasteiger charge is 2.18. The summed E-state index contributed by atoms with van der Waals surface area (Å²) in [6.07, 6.45) is 2.12. The van der Waals surface area contributed by atoms with Gasteiger partial charge in [-0.1, -0.05) is 42.6 Å². The second kappa shape index (κ2) is 6.78. The molecule has 18 heavy (non-hydrogen) atoms. The predicted octanol–water partition coefficient (Wildman–Crippen LogP) is 3.59. The summed E-state index contributed by atoms with van der Waals surface area (Å²) in [5.41, 5.74) is 6.86. The summed E-state index contributed by atoms with van der Waals surface area (Å²) in [6.45, 7) is 6.33. The minimum atomic E-state index is -0.104. The lowest BCUT2D eigenvalue weighted by atomic mass is 9.95. The monoisotopic (exact) mass is 312 g/mol. The van der Waals surface area contributed by atoms with Crippen molar-refractivity contribution in [1.29, 1.82) is 0 Å². The van der Waals surface area contributed by atoms with Crippen molar-refractivity contribution < 1.29 is 4.79 Å². The van der Waals surface area contributed by atoms with Crippen LogP contribution >= 0.6 is 15.9 Å². The number of halogens is 1. The topological polar surface area (TPSA) is 55.1 Å². The van der Waals surface area contributed by atoms with E-state index in [0.29, 0.717) is 17.2 Å². The van der Waals surface area contributed by atoms with Gasteiger partial charge in [0.15, 0.2) is 0 Å². The standard InChI is InChI=1S/C14H21BrN2O/c1-4-10(5-2)9(3)17-14(18)12-8-11(15)6-7-13(12)16/h6-10H,4-5,16H2,1-3H3,(H,17,18). The molecule has 0 heterocycles. The van der Waals surface area contributed by atoms with E-state index in [1.807, 2.05) is 13.0 Å². The number of hydrogen-bond acceptors (Lipinski definition) is 2. The van der Waals surface area contributed by atoms with Crippen LogP contribution in [0.4, 0.5) is 5.69 Å². The van der Waals surface area contributed by atoms with Crippen LogP contribution in [0.2, 0.25) is 0 Å². The van der Waals surface area contributed by atoms with Gasteiger partial charge in [0.25, 0.3) is 5.91 Å². The molecular weight excluding hydrogens is 292 g/mol. The summed E-state index contributed by atoms with van der Waals surface area (Å²) in [5, 5.41) is 3.03. The van der Waals surface area contributed by atoms with Gasteiger partial charge >= 0.3 is 0 Å². The van der Waals surface area contributed by atoms with E-state index in [4.69, 9.17) is 5.73 Å². The Kier molecular flexibility index (Phi) is 5.66. The average molecular weight is 313 g/mol. The highest BCUT2D eigenvalue weighted by atomic mass is 79.9. The molecule has 100 valence electrons. The van der Waals surface area contributed by atoms with Crippen LogP contribution in [0.15, 0.2) is 22.7 Å². The van der Waals surface area contributed by atoms with Gasteiger partial charge in [-0.2, -0.15) is 0 Å². The van der Waals surface area contributed by atoms with Crippen molar-refractivity contribution in [3.05, 3.63) is 28.2 Å². The van der Waals surface area contributed by atoms with Gasteiger partial charge in [-0.15, -0.1) is 0 Å².